The van der Waals surface area contributed by atoms with Crippen molar-refractivity contribution in [2.45, 2.75) is 0 Å². The Bertz CT molecular complexity index is 228. The third-order valence-corrected chi connectivity index (χ3v) is 2.12. The number of likely N-dealkylation sites (N-methyl/N-ethyl adjacent to an activating group) is 1. The number of aromatic nitrogens is 2. The van der Waals surface area contributed by atoms with Crippen molar-refractivity contribution in [2.24, 2.45) is 0 Å². The predicted molar refractivity (Wildman–Crippen MR) is 44.0 cm³/mol. The van der Waals surface area contributed by atoms with E-state index >= 15 is 0 Å². The second-order valence-corrected chi connectivity index (χ2v) is 3.01. The smallest absolute Gasteiger partial charge is 0.322 e. The summed E-state index contributed by atoms with van der Waals surface area (Å²) in [5.41, 5.74) is 0. The van der Waals surface area contributed by atoms with Gasteiger partial charge in [0.05, 0.1) is 0 Å². The van der Waals surface area contributed by atoms with Crippen LogP contribution in [0.5, 0.6) is 0 Å². The van der Waals surface area contributed by atoms with Gasteiger partial charge in [-0.05, 0) is 7.05 Å². The summed E-state index contributed by atoms with van der Waals surface area (Å²) in [6.45, 7) is 4.06. The van der Waals surface area contributed by atoms with Crippen LogP contribution in [0.4, 0.5) is 6.01 Å². The quantitative estimate of drug-likeness (QED) is 0.582. The van der Waals surface area contributed by atoms with Crippen LogP contribution in [0.3, 0.4) is 0 Å². The Hall–Kier alpha value is -1.10. The molecule has 1 aromatic heterocycles. The summed E-state index contributed by atoms with van der Waals surface area (Å²) in [5.74, 6) is 0. The highest BCUT2D eigenvalue weighted by molar-refractivity contribution is 5.24. The van der Waals surface area contributed by atoms with E-state index in [-0.39, 0.29) is 0 Å². The van der Waals surface area contributed by atoms with Crippen molar-refractivity contribution in [3.63, 3.8) is 0 Å². The molecule has 5 heteroatoms. The first-order valence-corrected chi connectivity index (χ1v) is 4.06. The first-order valence-electron chi connectivity index (χ1n) is 4.06. The summed E-state index contributed by atoms with van der Waals surface area (Å²) in [6.07, 6.45) is 1.44. The molecule has 0 N–H and O–H groups in total. The minimum Gasteiger partial charge on any atom is -0.322 e. The van der Waals surface area contributed by atoms with Gasteiger partial charge in [-0.25, -0.2) is 0 Å². The fourth-order valence-corrected chi connectivity index (χ4v) is 1.30. The maximum Gasteiger partial charge on any atom is 0.323 e. The molecule has 0 radical (unpaired) electrons. The van der Waals surface area contributed by atoms with Gasteiger partial charge in [0.15, 0.2) is 6.33 Å². The molecule has 0 aliphatic carbocycles. The highest BCUT2D eigenvalue weighted by Crippen LogP contribution is 2.10. The summed E-state index contributed by atoms with van der Waals surface area (Å²) in [7, 11) is 2.12. The maximum atomic E-state index is 4.95. The van der Waals surface area contributed by atoms with E-state index in [4.69, 9.17) is 4.52 Å². The van der Waals surface area contributed by atoms with E-state index in [1.165, 1.54) is 6.33 Å². The molecule has 1 aliphatic heterocycles. The number of hydrogen-bond donors (Lipinski definition) is 0. The predicted octanol–water partition coefficient (Wildman–Crippen LogP) is -0.179. The molecule has 0 saturated carbocycles. The molecule has 2 rings (SSSR count). The lowest BCUT2D eigenvalue weighted by molar-refractivity contribution is 0.298. The molecular formula is C7H12N4O. The van der Waals surface area contributed by atoms with Gasteiger partial charge in [0.1, 0.15) is 0 Å². The molecular weight excluding hydrogens is 156 g/mol. The SMILES string of the molecule is CN1CCN(c2ncno2)CC1. The van der Waals surface area contributed by atoms with Crippen LogP contribution >= 0.6 is 0 Å². The van der Waals surface area contributed by atoms with Crippen molar-refractivity contribution >= 4 is 6.01 Å². The molecule has 0 spiro atoms. The lowest BCUT2D eigenvalue weighted by Crippen LogP contribution is -2.44. The summed E-state index contributed by atoms with van der Waals surface area (Å²) < 4.78 is 4.95. The van der Waals surface area contributed by atoms with E-state index in [0.717, 1.165) is 26.2 Å². The number of piperazine rings is 1. The van der Waals surface area contributed by atoms with Crippen LogP contribution < -0.4 is 4.90 Å². The maximum absolute atomic E-state index is 4.95. The van der Waals surface area contributed by atoms with Crippen molar-refractivity contribution in [1.82, 2.24) is 15.0 Å². The van der Waals surface area contributed by atoms with Crippen LogP contribution in [0.25, 0.3) is 0 Å². The highest BCUT2D eigenvalue weighted by atomic mass is 16.5. The van der Waals surface area contributed by atoms with Gasteiger partial charge in [0.2, 0.25) is 0 Å². The van der Waals surface area contributed by atoms with Crippen LogP contribution in [0, 0.1) is 0 Å². The molecule has 1 fully saturated rings. The van der Waals surface area contributed by atoms with Gasteiger partial charge in [-0.3, -0.25) is 0 Å². The van der Waals surface area contributed by atoms with Gasteiger partial charge in [-0.2, -0.15) is 4.98 Å². The first kappa shape index (κ1) is 7.54. The van der Waals surface area contributed by atoms with Gasteiger partial charge in [0.25, 0.3) is 0 Å². The molecule has 0 aromatic carbocycles. The second kappa shape index (κ2) is 3.10. The molecule has 1 aromatic rings. The van der Waals surface area contributed by atoms with Crippen LogP contribution in [0.15, 0.2) is 10.9 Å². The molecule has 0 unspecified atom stereocenters. The third-order valence-electron chi connectivity index (χ3n) is 2.12. The van der Waals surface area contributed by atoms with E-state index in [9.17, 15) is 0 Å². The summed E-state index contributed by atoms with van der Waals surface area (Å²) >= 11 is 0. The number of nitrogens with zero attached hydrogens (tertiary/aromatic N) is 4. The van der Waals surface area contributed by atoms with Crippen LogP contribution in [-0.4, -0.2) is 48.3 Å². The van der Waals surface area contributed by atoms with Crippen LogP contribution in [0.1, 0.15) is 0 Å². The molecule has 0 atom stereocenters. The molecule has 5 nitrogen and oxygen atoms in total. The van der Waals surface area contributed by atoms with E-state index in [2.05, 4.69) is 27.0 Å². The number of rotatable bonds is 1. The van der Waals surface area contributed by atoms with Crippen molar-refractivity contribution < 1.29 is 4.52 Å². The molecule has 1 saturated heterocycles. The van der Waals surface area contributed by atoms with Gasteiger partial charge < -0.3 is 14.3 Å². The summed E-state index contributed by atoms with van der Waals surface area (Å²) in [5, 5.41) is 3.58. The zero-order valence-corrected chi connectivity index (χ0v) is 7.10. The van der Waals surface area contributed by atoms with Crippen molar-refractivity contribution in [2.75, 3.05) is 38.1 Å². The summed E-state index contributed by atoms with van der Waals surface area (Å²) in [6, 6.07) is 0.642. The second-order valence-electron chi connectivity index (χ2n) is 3.01. The first-order chi connectivity index (χ1) is 5.86. The van der Waals surface area contributed by atoms with Crippen LogP contribution in [0.2, 0.25) is 0 Å². The molecule has 2 heterocycles. The topological polar surface area (TPSA) is 45.4 Å². The highest BCUT2D eigenvalue weighted by Gasteiger charge is 2.17. The van der Waals surface area contributed by atoms with Gasteiger partial charge in [-0.15, -0.1) is 0 Å². The fraction of sp³-hybridized carbons (Fsp3) is 0.714. The minimum absolute atomic E-state index is 0.642. The van der Waals surface area contributed by atoms with Gasteiger partial charge in [-0.1, -0.05) is 5.16 Å². The molecule has 0 amide bonds. The van der Waals surface area contributed by atoms with E-state index in [1.54, 1.807) is 0 Å². The Morgan fingerprint density at radius 1 is 1.33 bits per heavy atom. The lowest BCUT2D eigenvalue weighted by Gasteiger charge is -2.30. The molecule has 66 valence electrons. The summed E-state index contributed by atoms with van der Waals surface area (Å²) in [4.78, 5) is 8.38. The third kappa shape index (κ3) is 1.40. The fourth-order valence-electron chi connectivity index (χ4n) is 1.30. The Morgan fingerprint density at radius 2 is 2.08 bits per heavy atom. The Labute approximate surface area is 71.0 Å². The largest absolute Gasteiger partial charge is 0.323 e. The molecule has 12 heavy (non-hydrogen) atoms. The zero-order chi connectivity index (χ0) is 8.39. The Kier molecular flexibility index (Phi) is 1.95. The van der Waals surface area contributed by atoms with E-state index in [0.29, 0.717) is 6.01 Å². The van der Waals surface area contributed by atoms with Gasteiger partial charge >= 0.3 is 6.01 Å². The average Bonchev–Trinajstić information content (AvgIpc) is 2.58. The average molecular weight is 168 g/mol. The van der Waals surface area contributed by atoms with Crippen molar-refractivity contribution in [3.05, 3.63) is 6.33 Å². The minimum atomic E-state index is 0.642. The zero-order valence-electron chi connectivity index (χ0n) is 7.10. The van der Waals surface area contributed by atoms with Crippen molar-refractivity contribution in [3.8, 4) is 0 Å². The van der Waals surface area contributed by atoms with E-state index < -0.39 is 0 Å². The standard InChI is InChI=1S/C7H12N4O/c1-10-2-4-11(5-3-10)7-8-6-9-12-7/h6H,2-5H2,1H3. The lowest BCUT2D eigenvalue weighted by atomic mass is 10.3. The Morgan fingerprint density at radius 3 is 2.67 bits per heavy atom. The normalized spacial score (nSPS) is 19.9. The van der Waals surface area contributed by atoms with Crippen LogP contribution in [-0.2, 0) is 0 Å². The number of anilines is 1. The van der Waals surface area contributed by atoms with Crippen molar-refractivity contribution in [1.29, 1.82) is 0 Å². The number of hydrogen-bond acceptors (Lipinski definition) is 5. The van der Waals surface area contributed by atoms with Gasteiger partial charge in [0, 0.05) is 26.2 Å². The molecule has 1 aliphatic rings. The Balaban J connectivity index is 1.99. The monoisotopic (exact) mass is 168 g/mol. The molecule has 0 bridgehead atoms. The van der Waals surface area contributed by atoms with E-state index in [1.807, 2.05) is 0 Å².